The molecule has 7 heteroatoms. The third-order valence-corrected chi connectivity index (χ3v) is 3.71. The molecule has 138 valence electrons. The maximum absolute atomic E-state index is 12.0. The van der Waals surface area contributed by atoms with E-state index in [0.29, 0.717) is 31.8 Å². The fraction of sp³-hybridized carbons (Fsp3) is 0.421. The second-order valence-corrected chi connectivity index (χ2v) is 6.19. The number of hydrogen-bond acceptors (Lipinski definition) is 5. The molecule has 0 aliphatic carbocycles. The van der Waals surface area contributed by atoms with Gasteiger partial charge in [-0.05, 0) is 31.7 Å². The molecule has 1 aliphatic rings. The van der Waals surface area contributed by atoms with Crippen LogP contribution >= 0.6 is 0 Å². The maximum Gasteiger partial charge on any atom is 0.301 e. The Morgan fingerprint density at radius 1 is 1.38 bits per heavy atom. The van der Waals surface area contributed by atoms with Gasteiger partial charge in [0.15, 0.2) is 0 Å². The molecule has 2 rings (SSSR count). The fourth-order valence-electron chi connectivity index (χ4n) is 2.32. The molecule has 0 atom stereocenters. The largest absolute Gasteiger partial charge is 0.501 e. The van der Waals surface area contributed by atoms with Crippen LogP contribution in [0.15, 0.2) is 35.3 Å². The van der Waals surface area contributed by atoms with Crippen molar-refractivity contribution in [1.82, 2.24) is 20.0 Å². The number of aryl methyl sites for hydroxylation is 1. The third kappa shape index (κ3) is 6.22. The topological polar surface area (TPSA) is 71.7 Å². The molecule has 0 aromatic carbocycles. The molecule has 0 saturated carbocycles. The Hall–Kier alpha value is -2.85. The average Bonchev–Trinajstić information content (AvgIpc) is 3.05. The summed E-state index contributed by atoms with van der Waals surface area (Å²) in [6.07, 6.45) is 8.89. The van der Waals surface area contributed by atoms with Crippen molar-refractivity contribution in [2.75, 3.05) is 34.3 Å². The van der Waals surface area contributed by atoms with Crippen LogP contribution in [0.4, 0.5) is 0 Å². The average molecular weight is 355 g/mol. The highest BCUT2D eigenvalue weighted by atomic mass is 16.5. The number of carbonyl (C=O) groups is 1. The molecular formula is C19H25N5O2. The van der Waals surface area contributed by atoms with Crippen LogP contribution in [-0.2, 0) is 16.6 Å². The van der Waals surface area contributed by atoms with E-state index in [2.05, 4.69) is 27.2 Å². The summed E-state index contributed by atoms with van der Waals surface area (Å²) in [7, 11) is 7.32. The van der Waals surface area contributed by atoms with Gasteiger partial charge >= 0.3 is 5.91 Å². The predicted molar refractivity (Wildman–Crippen MR) is 102 cm³/mol. The molecular weight excluding hydrogens is 330 g/mol. The number of aromatic nitrogens is 2. The second kappa shape index (κ2) is 9.59. The van der Waals surface area contributed by atoms with E-state index in [1.165, 1.54) is 0 Å². The first-order valence-electron chi connectivity index (χ1n) is 8.38. The van der Waals surface area contributed by atoms with Gasteiger partial charge in [0.2, 0.25) is 0 Å². The monoisotopic (exact) mass is 355 g/mol. The van der Waals surface area contributed by atoms with Gasteiger partial charge in [0.1, 0.15) is 5.84 Å². The lowest BCUT2D eigenvalue weighted by Gasteiger charge is -2.08. The van der Waals surface area contributed by atoms with Crippen molar-refractivity contribution in [2.24, 2.45) is 12.0 Å². The number of rotatable bonds is 3. The van der Waals surface area contributed by atoms with Crippen LogP contribution in [0.25, 0.3) is 5.57 Å². The first-order chi connectivity index (χ1) is 12.5. The predicted octanol–water partition coefficient (Wildman–Crippen LogP) is 1.21. The van der Waals surface area contributed by atoms with Crippen molar-refractivity contribution >= 4 is 17.3 Å². The molecule has 1 aliphatic heterocycles. The van der Waals surface area contributed by atoms with Gasteiger partial charge in [-0.25, -0.2) is 0 Å². The summed E-state index contributed by atoms with van der Waals surface area (Å²) < 4.78 is 7.16. The van der Waals surface area contributed by atoms with E-state index in [1.807, 2.05) is 44.4 Å². The number of methoxy groups -OCH3 is 1. The minimum atomic E-state index is -0.347. The van der Waals surface area contributed by atoms with E-state index >= 15 is 0 Å². The van der Waals surface area contributed by atoms with Crippen molar-refractivity contribution in [3.8, 4) is 11.8 Å². The first kappa shape index (κ1) is 19.5. The van der Waals surface area contributed by atoms with Gasteiger partial charge in [-0.3, -0.25) is 19.4 Å². The van der Waals surface area contributed by atoms with E-state index in [0.717, 1.165) is 16.9 Å². The van der Waals surface area contributed by atoms with Gasteiger partial charge in [-0.2, -0.15) is 5.10 Å². The zero-order valence-electron chi connectivity index (χ0n) is 15.7. The lowest BCUT2D eigenvalue weighted by atomic mass is 10.1. The van der Waals surface area contributed by atoms with Crippen molar-refractivity contribution in [2.45, 2.75) is 12.8 Å². The highest BCUT2D eigenvalue weighted by molar-refractivity contribution is 6.06. The van der Waals surface area contributed by atoms with E-state index in [4.69, 9.17) is 4.74 Å². The highest BCUT2D eigenvalue weighted by Crippen LogP contribution is 2.18. The molecule has 26 heavy (non-hydrogen) atoms. The Bertz CT molecular complexity index is 790. The number of carbonyl (C=O) groups excluding carboxylic acids is 1. The molecule has 1 aromatic heterocycles. The number of nitrogens with one attached hydrogen (secondary N) is 1. The molecule has 1 N–H and O–H groups in total. The Balaban J connectivity index is 2.16. The minimum Gasteiger partial charge on any atom is -0.501 e. The fourth-order valence-corrected chi connectivity index (χ4v) is 2.32. The van der Waals surface area contributed by atoms with E-state index in [-0.39, 0.29) is 5.91 Å². The molecule has 1 amide bonds. The van der Waals surface area contributed by atoms with Crippen LogP contribution in [0.5, 0.6) is 0 Å². The van der Waals surface area contributed by atoms with Gasteiger partial charge in [0.25, 0.3) is 0 Å². The minimum absolute atomic E-state index is 0.347. The molecule has 2 heterocycles. The number of nitrogens with zero attached hydrogens (tertiary/aromatic N) is 4. The molecule has 0 spiro atoms. The Morgan fingerprint density at radius 3 is 2.85 bits per heavy atom. The maximum atomic E-state index is 12.0. The lowest BCUT2D eigenvalue weighted by molar-refractivity contribution is -0.114. The molecule has 0 radical (unpaired) electrons. The van der Waals surface area contributed by atoms with Gasteiger partial charge < -0.3 is 10.1 Å². The number of allylic oxidation sites excluding steroid dienone is 3. The summed E-state index contributed by atoms with van der Waals surface area (Å²) in [4.78, 5) is 18.5. The van der Waals surface area contributed by atoms with Crippen molar-refractivity contribution < 1.29 is 9.53 Å². The lowest BCUT2D eigenvalue weighted by Crippen LogP contribution is -2.30. The molecule has 0 bridgehead atoms. The Kier molecular flexibility index (Phi) is 7.18. The second-order valence-electron chi connectivity index (χ2n) is 6.19. The number of hydrogen-bond donors (Lipinski definition) is 1. The van der Waals surface area contributed by atoms with Crippen LogP contribution in [0.1, 0.15) is 18.4 Å². The number of ether oxygens (including phenoxy) is 1. The van der Waals surface area contributed by atoms with Crippen LogP contribution in [0.2, 0.25) is 0 Å². The zero-order valence-corrected chi connectivity index (χ0v) is 15.7. The summed E-state index contributed by atoms with van der Waals surface area (Å²) in [5.74, 6) is 6.50. The molecule has 7 nitrogen and oxygen atoms in total. The quantitative estimate of drug-likeness (QED) is 0.828. The van der Waals surface area contributed by atoms with Crippen molar-refractivity contribution in [3.63, 3.8) is 0 Å². The first-order valence-corrected chi connectivity index (χ1v) is 8.38. The molecule has 0 unspecified atom stereocenters. The van der Waals surface area contributed by atoms with E-state index in [1.54, 1.807) is 18.0 Å². The highest BCUT2D eigenvalue weighted by Gasteiger charge is 2.10. The zero-order chi connectivity index (χ0) is 18.9. The third-order valence-electron chi connectivity index (χ3n) is 3.71. The normalized spacial score (nSPS) is 18.7. The van der Waals surface area contributed by atoms with E-state index in [9.17, 15) is 4.79 Å². The van der Waals surface area contributed by atoms with Gasteiger partial charge in [-0.15, -0.1) is 0 Å². The summed E-state index contributed by atoms with van der Waals surface area (Å²) >= 11 is 0. The molecule has 1 aromatic rings. The van der Waals surface area contributed by atoms with Crippen molar-refractivity contribution in [3.05, 3.63) is 35.9 Å². The van der Waals surface area contributed by atoms with Gasteiger partial charge in [-0.1, -0.05) is 12.0 Å². The van der Waals surface area contributed by atoms with Gasteiger partial charge in [0.05, 0.1) is 32.2 Å². The van der Waals surface area contributed by atoms with Crippen LogP contribution in [0, 0.1) is 11.8 Å². The molecule has 0 fully saturated rings. The summed E-state index contributed by atoms with van der Waals surface area (Å²) in [6.45, 7) is 0.976. The molecule has 0 saturated heterocycles. The standard InChI is InChI=1S/C19H25N5O2/c1-23(2)11-5-6-19(25)22-18-10-9-17(26-4)8-7-15(12-20-18)16-13-21-24(3)14-16/h7-8,13-14H,9-12H2,1-4H3,(H,20,22,25)/b15-7+,17-8+. The summed E-state index contributed by atoms with van der Waals surface area (Å²) in [6, 6.07) is 0. The smallest absolute Gasteiger partial charge is 0.301 e. The van der Waals surface area contributed by atoms with Gasteiger partial charge in [0, 0.05) is 31.6 Å². The summed E-state index contributed by atoms with van der Waals surface area (Å²) in [5, 5.41) is 7.01. The SMILES string of the molecule is CO/C1=C/C=C(/c2cnn(C)c2)CN=C(NC(=O)C#CCN(C)C)CC1. The van der Waals surface area contributed by atoms with Crippen molar-refractivity contribution in [1.29, 1.82) is 0 Å². The van der Waals surface area contributed by atoms with Crippen LogP contribution in [0.3, 0.4) is 0 Å². The van der Waals surface area contributed by atoms with E-state index < -0.39 is 0 Å². The van der Waals surface area contributed by atoms with Crippen LogP contribution < -0.4 is 5.32 Å². The Labute approximate surface area is 154 Å². The number of amidine groups is 1. The van der Waals surface area contributed by atoms with Crippen LogP contribution in [-0.4, -0.2) is 60.7 Å². The summed E-state index contributed by atoms with van der Waals surface area (Å²) in [5.41, 5.74) is 1.99. The number of aliphatic imine (C=N–C) groups is 1. The Morgan fingerprint density at radius 2 is 2.19 bits per heavy atom. The number of amides is 1.